The third kappa shape index (κ3) is 3.25. The molecule has 19 heavy (non-hydrogen) atoms. The summed E-state index contributed by atoms with van der Waals surface area (Å²) in [6, 6.07) is 11.7. The van der Waals surface area contributed by atoms with Gasteiger partial charge in [0.05, 0.1) is 7.11 Å². The first kappa shape index (κ1) is 13.8. The number of methoxy groups -OCH3 is 1. The van der Waals surface area contributed by atoms with Crippen molar-refractivity contribution in [2.45, 2.75) is 12.5 Å². The van der Waals surface area contributed by atoms with Crippen molar-refractivity contribution in [2.24, 2.45) is 5.73 Å². The van der Waals surface area contributed by atoms with E-state index in [0.29, 0.717) is 17.0 Å². The van der Waals surface area contributed by atoms with Crippen LogP contribution in [-0.2, 0) is 6.42 Å². The molecular weight excluding hydrogens is 265 g/mol. The molecule has 0 aliphatic carbocycles. The van der Waals surface area contributed by atoms with Crippen LogP contribution in [0.15, 0.2) is 42.5 Å². The number of rotatable bonds is 4. The molecule has 0 aromatic heterocycles. The monoisotopic (exact) mass is 279 g/mol. The summed E-state index contributed by atoms with van der Waals surface area (Å²) in [5.74, 6) is 0.441. The maximum absolute atomic E-state index is 13.7. The zero-order valence-electron chi connectivity index (χ0n) is 10.6. The molecule has 2 aromatic carbocycles. The number of halogens is 2. The van der Waals surface area contributed by atoms with E-state index < -0.39 is 0 Å². The van der Waals surface area contributed by atoms with E-state index in [1.807, 2.05) is 24.3 Å². The number of ether oxygens (including phenoxy) is 1. The molecule has 1 atom stereocenters. The van der Waals surface area contributed by atoms with Crippen molar-refractivity contribution in [1.82, 2.24) is 0 Å². The largest absolute Gasteiger partial charge is 0.497 e. The van der Waals surface area contributed by atoms with Crippen LogP contribution < -0.4 is 10.5 Å². The van der Waals surface area contributed by atoms with Gasteiger partial charge >= 0.3 is 0 Å². The van der Waals surface area contributed by atoms with Gasteiger partial charge in [0, 0.05) is 16.6 Å². The number of hydrogen-bond acceptors (Lipinski definition) is 2. The van der Waals surface area contributed by atoms with Crippen LogP contribution in [0.1, 0.15) is 17.2 Å². The number of benzene rings is 2. The highest BCUT2D eigenvalue weighted by molar-refractivity contribution is 6.31. The van der Waals surface area contributed by atoms with Gasteiger partial charge in [-0.3, -0.25) is 0 Å². The summed E-state index contributed by atoms with van der Waals surface area (Å²) in [5.41, 5.74) is 7.46. The van der Waals surface area contributed by atoms with Crippen molar-refractivity contribution in [3.05, 3.63) is 64.4 Å². The van der Waals surface area contributed by atoms with E-state index in [9.17, 15) is 4.39 Å². The second-order valence-corrected chi connectivity index (χ2v) is 4.69. The summed E-state index contributed by atoms with van der Waals surface area (Å²) in [6.07, 6.45) is 0.359. The fourth-order valence-corrected chi connectivity index (χ4v) is 2.16. The van der Waals surface area contributed by atoms with Crippen LogP contribution >= 0.6 is 11.6 Å². The van der Waals surface area contributed by atoms with Crippen molar-refractivity contribution in [2.75, 3.05) is 7.11 Å². The van der Waals surface area contributed by atoms with Crippen LogP contribution in [0.4, 0.5) is 4.39 Å². The lowest BCUT2D eigenvalue weighted by Gasteiger charge is -2.14. The van der Waals surface area contributed by atoms with E-state index in [1.54, 1.807) is 19.2 Å². The second kappa shape index (κ2) is 6.04. The lowest BCUT2D eigenvalue weighted by atomic mass is 9.99. The normalized spacial score (nSPS) is 12.2. The third-order valence-electron chi connectivity index (χ3n) is 3.03. The van der Waals surface area contributed by atoms with Crippen LogP contribution in [0.5, 0.6) is 5.75 Å². The van der Waals surface area contributed by atoms with Gasteiger partial charge in [0.2, 0.25) is 0 Å². The van der Waals surface area contributed by atoms with Gasteiger partial charge in [-0.25, -0.2) is 4.39 Å². The van der Waals surface area contributed by atoms with Crippen LogP contribution in [0.2, 0.25) is 5.02 Å². The summed E-state index contributed by atoms with van der Waals surface area (Å²) in [4.78, 5) is 0. The highest BCUT2D eigenvalue weighted by Crippen LogP contribution is 2.25. The van der Waals surface area contributed by atoms with Crippen molar-refractivity contribution < 1.29 is 9.13 Å². The van der Waals surface area contributed by atoms with Gasteiger partial charge in [0.15, 0.2) is 0 Å². The van der Waals surface area contributed by atoms with Crippen LogP contribution in [0, 0.1) is 5.82 Å². The molecule has 1 unspecified atom stereocenters. The van der Waals surface area contributed by atoms with E-state index in [-0.39, 0.29) is 11.9 Å². The first-order chi connectivity index (χ1) is 9.11. The Morgan fingerprint density at radius 3 is 2.47 bits per heavy atom. The Balaban J connectivity index is 2.18. The number of hydrogen-bond donors (Lipinski definition) is 1. The molecule has 0 saturated carbocycles. The summed E-state index contributed by atoms with van der Waals surface area (Å²) in [6.45, 7) is 0. The minimum atomic E-state index is -0.323. The summed E-state index contributed by atoms with van der Waals surface area (Å²) < 4.78 is 18.8. The van der Waals surface area contributed by atoms with E-state index in [1.165, 1.54) is 6.07 Å². The van der Waals surface area contributed by atoms with Crippen LogP contribution in [0.3, 0.4) is 0 Å². The van der Waals surface area contributed by atoms with Crippen molar-refractivity contribution >= 4 is 11.6 Å². The van der Waals surface area contributed by atoms with Gasteiger partial charge in [0.25, 0.3) is 0 Å². The maximum Gasteiger partial charge on any atom is 0.127 e. The molecule has 0 spiro atoms. The molecule has 0 bridgehead atoms. The quantitative estimate of drug-likeness (QED) is 0.925. The molecule has 2 aromatic rings. The topological polar surface area (TPSA) is 35.2 Å². The smallest absolute Gasteiger partial charge is 0.127 e. The average Bonchev–Trinajstić information content (AvgIpc) is 2.43. The van der Waals surface area contributed by atoms with Crippen LogP contribution in [-0.4, -0.2) is 7.11 Å². The van der Waals surface area contributed by atoms with E-state index in [0.717, 1.165) is 11.3 Å². The van der Waals surface area contributed by atoms with Crippen LogP contribution in [0.25, 0.3) is 0 Å². The minimum Gasteiger partial charge on any atom is -0.497 e. The Labute approximate surface area is 117 Å². The Bertz CT molecular complexity index is 536. The molecule has 2 rings (SSSR count). The summed E-state index contributed by atoms with van der Waals surface area (Å²) in [5, 5.41) is 0.406. The Hall–Kier alpha value is -1.58. The predicted molar refractivity (Wildman–Crippen MR) is 75.0 cm³/mol. The molecule has 0 fully saturated rings. The Morgan fingerprint density at radius 2 is 1.89 bits per heavy atom. The van der Waals surface area contributed by atoms with Gasteiger partial charge in [-0.05, 0) is 36.2 Å². The average molecular weight is 280 g/mol. The lowest BCUT2D eigenvalue weighted by Crippen LogP contribution is -2.14. The van der Waals surface area contributed by atoms with E-state index in [2.05, 4.69) is 0 Å². The van der Waals surface area contributed by atoms with Gasteiger partial charge in [-0.1, -0.05) is 29.8 Å². The Morgan fingerprint density at radius 1 is 1.21 bits per heavy atom. The fraction of sp³-hybridized carbons (Fsp3) is 0.200. The highest BCUT2D eigenvalue weighted by Gasteiger charge is 2.13. The molecule has 2 nitrogen and oxygen atoms in total. The molecule has 0 aliphatic rings. The summed E-state index contributed by atoms with van der Waals surface area (Å²) >= 11 is 5.99. The fourth-order valence-electron chi connectivity index (χ4n) is 1.92. The minimum absolute atomic E-state index is 0.305. The van der Waals surface area contributed by atoms with Gasteiger partial charge in [-0.2, -0.15) is 0 Å². The third-order valence-corrected chi connectivity index (χ3v) is 3.38. The second-order valence-electron chi connectivity index (χ2n) is 4.28. The van der Waals surface area contributed by atoms with Crippen molar-refractivity contribution in [3.63, 3.8) is 0 Å². The SMILES string of the molecule is COc1ccc(C(N)Cc2c(F)cccc2Cl)cc1. The molecule has 2 N–H and O–H groups in total. The maximum atomic E-state index is 13.7. The number of nitrogens with two attached hydrogens (primary N) is 1. The molecule has 0 heterocycles. The molecule has 0 aliphatic heterocycles. The van der Waals surface area contributed by atoms with Crippen molar-refractivity contribution in [3.8, 4) is 5.75 Å². The zero-order valence-corrected chi connectivity index (χ0v) is 11.3. The molecule has 0 amide bonds. The highest BCUT2D eigenvalue weighted by atomic mass is 35.5. The molecular formula is C15H15ClFNO. The van der Waals surface area contributed by atoms with Gasteiger partial charge < -0.3 is 10.5 Å². The zero-order chi connectivity index (χ0) is 13.8. The van der Waals surface area contributed by atoms with Gasteiger partial charge in [-0.15, -0.1) is 0 Å². The standard InChI is InChI=1S/C15H15ClFNO/c1-19-11-7-5-10(6-8-11)15(18)9-12-13(16)3-2-4-14(12)17/h2-8,15H,9,18H2,1H3. The predicted octanol–water partition coefficient (Wildman–Crippen LogP) is 3.73. The lowest BCUT2D eigenvalue weighted by molar-refractivity contribution is 0.414. The Kier molecular flexibility index (Phi) is 4.40. The first-order valence-electron chi connectivity index (χ1n) is 5.94. The van der Waals surface area contributed by atoms with Gasteiger partial charge in [0.1, 0.15) is 11.6 Å². The molecule has 0 radical (unpaired) electrons. The summed E-state index contributed by atoms with van der Waals surface area (Å²) in [7, 11) is 1.61. The molecule has 100 valence electrons. The molecule has 0 saturated heterocycles. The molecule has 4 heteroatoms. The van der Waals surface area contributed by atoms with Crippen molar-refractivity contribution in [1.29, 1.82) is 0 Å². The van der Waals surface area contributed by atoms with E-state index in [4.69, 9.17) is 22.1 Å². The van der Waals surface area contributed by atoms with E-state index >= 15 is 0 Å². The first-order valence-corrected chi connectivity index (χ1v) is 6.32.